The summed E-state index contributed by atoms with van der Waals surface area (Å²) in [5.74, 6) is 4.69. The topological polar surface area (TPSA) is 21.7 Å². The van der Waals surface area contributed by atoms with Crippen LogP contribution in [-0.2, 0) is 21.7 Å². The van der Waals surface area contributed by atoms with Gasteiger partial charge in [0.25, 0.3) is 0 Å². The number of ether oxygens (including phenoxy) is 2. The summed E-state index contributed by atoms with van der Waals surface area (Å²) in [6, 6.07) is 81.9. The maximum absolute atomic E-state index is 7.30. The van der Waals surface area contributed by atoms with Gasteiger partial charge in [-0.25, -0.2) is 0 Å². The van der Waals surface area contributed by atoms with Crippen LogP contribution in [0.25, 0.3) is 33.4 Å². The van der Waals surface area contributed by atoms with Crippen LogP contribution in [0.1, 0.15) is 184 Å². The monoisotopic (exact) mass is 1110 g/mol. The molecule has 0 atom stereocenters. The van der Waals surface area contributed by atoms with E-state index >= 15 is 0 Å². The summed E-state index contributed by atoms with van der Waals surface area (Å²) in [7, 11) is 0. The first-order valence-corrected chi connectivity index (χ1v) is 31.8. The molecule has 4 aliphatic carbocycles. The molecule has 10 aromatic rings. The second kappa shape index (κ2) is 19.6. The first kappa shape index (κ1) is 52.2. The fourth-order valence-corrected chi connectivity index (χ4v) is 16.5. The highest BCUT2D eigenvalue weighted by atomic mass is 16.5. The lowest BCUT2D eigenvalue weighted by atomic mass is 9.64. The number of fused-ring (bicyclic) bond motifs is 18. The SMILES string of the molecule is CC(C)(C)c1ccc2c(c1)C1(c3ccccc3Oc3ccc(N(c4ccc5c(c4)C4(c6ccccc6O5)c5cc(C6CCCCC6)ccc5-c5ccc(C6CCCCC6)cc54)c4ccccc4-c4ccccc4)cc31)c1cc(C(C)(C)C)ccc1-2. The minimum absolute atomic E-state index is 0.0852. The van der Waals surface area contributed by atoms with Crippen molar-refractivity contribution in [1.82, 2.24) is 0 Å². The third-order valence-corrected chi connectivity index (χ3v) is 20.7. The standard InChI is InChI=1S/C82H75NO2/c1-79(2,3)57-36-42-64-65-43-37-58(80(4,5)6)49-71(65)82(70(64)48-57)67-30-18-21-33-76(67)85-78-45-39-60(51-73(78)82)83(74-31-19-16-28-61(74)54-26-14-9-15-27-54)59-38-44-77-72(50-59)81(66-29-17-20-32-75(66)84-77)68-46-55(52-22-10-7-11-23-52)34-40-62(68)63-41-35-56(47-69(63)81)53-24-12-8-13-25-53/h9,14-21,26-53H,7-8,10-13,22-25H2,1-6H3. The highest BCUT2D eigenvalue weighted by molar-refractivity contribution is 5.94. The van der Waals surface area contributed by atoms with Gasteiger partial charge in [0.2, 0.25) is 0 Å². The lowest BCUT2D eigenvalue weighted by Gasteiger charge is -2.42. The van der Waals surface area contributed by atoms with Crippen molar-refractivity contribution in [3.05, 3.63) is 279 Å². The summed E-state index contributed by atoms with van der Waals surface area (Å²) in [5, 5.41) is 0. The fourth-order valence-electron chi connectivity index (χ4n) is 16.5. The number of hydrogen-bond donors (Lipinski definition) is 0. The van der Waals surface area contributed by atoms with Gasteiger partial charge in [0.1, 0.15) is 23.0 Å². The van der Waals surface area contributed by atoms with Crippen LogP contribution < -0.4 is 14.4 Å². The maximum Gasteiger partial charge on any atom is 0.132 e. The van der Waals surface area contributed by atoms with Gasteiger partial charge >= 0.3 is 0 Å². The lowest BCUT2D eigenvalue weighted by Crippen LogP contribution is -2.33. The van der Waals surface area contributed by atoms with Crippen molar-refractivity contribution in [2.75, 3.05) is 4.90 Å². The Hall–Kier alpha value is -8.40. The van der Waals surface area contributed by atoms with E-state index in [1.54, 1.807) is 0 Å². The number of hydrogen-bond acceptors (Lipinski definition) is 3. The lowest BCUT2D eigenvalue weighted by molar-refractivity contribution is 0.433. The molecule has 0 aromatic heterocycles. The van der Waals surface area contributed by atoms with Crippen molar-refractivity contribution in [2.24, 2.45) is 0 Å². The summed E-state index contributed by atoms with van der Waals surface area (Å²) in [4.78, 5) is 2.55. The highest BCUT2D eigenvalue weighted by Crippen LogP contribution is 2.66. The average molecular weight is 1110 g/mol. The molecular formula is C82H75NO2. The van der Waals surface area contributed by atoms with E-state index < -0.39 is 10.8 Å². The second-order valence-electron chi connectivity index (χ2n) is 27.6. The van der Waals surface area contributed by atoms with E-state index in [-0.39, 0.29) is 10.8 Å². The number of nitrogens with zero attached hydrogens (tertiary/aromatic N) is 1. The van der Waals surface area contributed by atoms with Crippen molar-refractivity contribution < 1.29 is 9.47 Å². The van der Waals surface area contributed by atoms with Gasteiger partial charge in [-0.3, -0.25) is 0 Å². The van der Waals surface area contributed by atoms with Gasteiger partial charge in [-0.1, -0.05) is 238 Å². The molecule has 0 saturated heterocycles. The van der Waals surface area contributed by atoms with E-state index in [9.17, 15) is 0 Å². The van der Waals surface area contributed by atoms with Crippen LogP contribution in [0.2, 0.25) is 0 Å². The summed E-state index contributed by atoms with van der Waals surface area (Å²) >= 11 is 0. The molecule has 16 rings (SSSR count). The quantitative estimate of drug-likeness (QED) is 0.166. The van der Waals surface area contributed by atoms with Crippen LogP contribution in [0.5, 0.6) is 23.0 Å². The predicted molar refractivity (Wildman–Crippen MR) is 350 cm³/mol. The molecular weight excluding hydrogens is 1030 g/mol. The Labute approximate surface area is 503 Å². The van der Waals surface area contributed by atoms with Gasteiger partial charge in [0.15, 0.2) is 0 Å². The maximum atomic E-state index is 7.30. The molecule has 0 N–H and O–H groups in total. The zero-order chi connectivity index (χ0) is 57.4. The molecule has 2 heterocycles. The molecule has 0 radical (unpaired) electrons. The van der Waals surface area contributed by atoms with Gasteiger partial charge in [0, 0.05) is 39.2 Å². The minimum Gasteiger partial charge on any atom is -0.457 e. The van der Waals surface area contributed by atoms with Crippen LogP contribution in [0, 0.1) is 0 Å². The van der Waals surface area contributed by atoms with E-state index in [4.69, 9.17) is 9.47 Å². The summed E-state index contributed by atoms with van der Waals surface area (Å²) in [5.41, 5.74) is 24.9. The van der Waals surface area contributed by atoms with Crippen molar-refractivity contribution in [1.29, 1.82) is 0 Å². The van der Waals surface area contributed by atoms with Crippen molar-refractivity contribution in [3.8, 4) is 56.4 Å². The second-order valence-corrected chi connectivity index (χ2v) is 27.6. The molecule has 0 bridgehead atoms. The van der Waals surface area contributed by atoms with Gasteiger partial charge in [0.05, 0.1) is 16.5 Å². The zero-order valence-corrected chi connectivity index (χ0v) is 50.2. The molecule has 0 unspecified atom stereocenters. The number of para-hydroxylation sites is 3. The molecule has 10 aromatic carbocycles. The fraction of sp³-hybridized carbons (Fsp3) is 0.268. The Morgan fingerprint density at radius 1 is 0.329 bits per heavy atom. The average Bonchev–Trinajstić information content (AvgIpc) is 1.60. The van der Waals surface area contributed by atoms with E-state index in [0.717, 1.165) is 56.8 Å². The van der Waals surface area contributed by atoms with Gasteiger partial charge in [-0.2, -0.15) is 0 Å². The van der Waals surface area contributed by atoms with Crippen molar-refractivity contribution in [2.45, 2.75) is 139 Å². The Bertz CT molecular complexity index is 4180. The molecule has 3 heteroatoms. The molecule has 2 fully saturated rings. The Morgan fingerprint density at radius 2 is 0.729 bits per heavy atom. The van der Waals surface area contributed by atoms with E-state index in [2.05, 4.69) is 259 Å². The third-order valence-electron chi connectivity index (χ3n) is 20.7. The Kier molecular flexibility index (Phi) is 12.0. The first-order valence-electron chi connectivity index (χ1n) is 31.8. The van der Waals surface area contributed by atoms with Crippen LogP contribution in [0.3, 0.4) is 0 Å². The molecule has 85 heavy (non-hydrogen) atoms. The van der Waals surface area contributed by atoms with Crippen molar-refractivity contribution in [3.63, 3.8) is 0 Å². The van der Waals surface area contributed by atoms with E-state index in [0.29, 0.717) is 11.8 Å². The van der Waals surface area contributed by atoms with Crippen LogP contribution in [-0.4, -0.2) is 0 Å². The van der Waals surface area contributed by atoms with Crippen LogP contribution in [0.15, 0.2) is 212 Å². The molecule has 0 amide bonds. The summed E-state index contributed by atoms with van der Waals surface area (Å²) < 4.78 is 14.5. The van der Waals surface area contributed by atoms with Crippen molar-refractivity contribution >= 4 is 17.1 Å². The Morgan fingerprint density at radius 3 is 1.20 bits per heavy atom. The van der Waals surface area contributed by atoms with Crippen LogP contribution >= 0.6 is 0 Å². The molecule has 3 nitrogen and oxygen atoms in total. The summed E-state index contributed by atoms with van der Waals surface area (Å²) in [6.07, 6.45) is 12.8. The highest BCUT2D eigenvalue weighted by Gasteiger charge is 2.54. The van der Waals surface area contributed by atoms with Gasteiger partial charge < -0.3 is 14.4 Å². The molecule has 2 aliphatic heterocycles. The van der Waals surface area contributed by atoms with E-state index in [1.165, 1.54) is 148 Å². The molecule has 2 saturated carbocycles. The number of anilines is 3. The molecule has 6 aliphatic rings. The zero-order valence-electron chi connectivity index (χ0n) is 50.2. The van der Waals surface area contributed by atoms with Gasteiger partial charge in [-0.15, -0.1) is 0 Å². The predicted octanol–water partition coefficient (Wildman–Crippen LogP) is 22.5. The minimum atomic E-state index is -0.710. The third kappa shape index (κ3) is 7.98. The summed E-state index contributed by atoms with van der Waals surface area (Å²) in [6.45, 7) is 14.0. The van der Waals surface area contributed by atoms with E-state index in [1.807, 2.05) is 0 Å². The number of rotatable bonds is 6. The van der Waals surface area contributed by atoms with Gasteiger partial charge in [-0.05, 0) is 175 Å². The first-order chi connectivity index (χ1) is 41.4. The molecule has 2 spiro atoms. The van der Waals surface area contributed by atoms with Crippen LogP contribution in [0.4, 0.5) is 17.1 Å². The Balaban J connectivity index is 0.983. The normalized spacial score (nSPS) is 16.9. The smallest absolute Gasteiger partial charge is 0.132 e. The molecule has 420 valence electrons. The number of benzene rings is 10. The largest absolute Gasteiger partial charge is 0.457 e.